The van der Waals surface area contributed by atoms with E-state index in [0.717, 1.165) is 25.8 Å². The van der Waals surface area contributed by atoms with Crippen molar-refractivity contribution >= 4 is 5.91 Å². The topological polar surface area (TPSA) is 46.3 Å². The lowest BCUT2D eigenvalue weighted by molar-refractivity contribution is -0.132. The van der Waals surface area contributed by atoms with Crippen LogP contribution in [0.2, 0.25) is 0 Å². The number of nitrogens with two attached hydrogens (primary N) is 1. The molecule has 1 saturated heterocycles. The first kappa shape index (κ1) is 11.5. The molecule has 2 N–H and O–H groups in total. The molecule has 0 saturated carbocycles. The zero-order valence-corrected chi connectivity index (χ0v) is 9.33. The molecule has 1 aliphatic rings. The summed E-state index contributed by atoms with van der Waals surface area (Å²) in [6.07, 6.45) is 3.89. The van der Waals surface area contributed by atoms with Gasteiger partial charge in [-0.05, 0) is 18.8 Å². The van der Waals surface area contributed by atoms with Crippen molar-refractivity contribution in [3.8, 4) is 0 Å². The van der Waals surface area contributed by atoms with Gasteiger partial charge in [0.1, 0.15) is 0 Å². The zero-order chi connectivity index (χ0) is 10.6. The zero-order valence-electron chi connectivity index (χ0n) is 9.33. The van der Waals surface area contributed by atoms with E-state index < -0.39 is 0 Å². The lowest BCUT2D eigenvalue weighted by Crippen LogP contribution is -2.42. The standard InChI is InChI=1S/C11H22N2O/c1-3-4-5-11(14)13-7-6-9(2)10(13)8-12/h9-10H,3-8,12H2,1-2H3. The van der Waals surface area contributed by atoms with Crippen LogP contribution in [-0.2, 0) is 4.79 Å². The molecule has 3 heteroatoms. The van der Waals surface area contributed by atoms with Crippen LogP contribution in [0.15, 0.2) is 0 Å². The summed E-state index contributed by atoms with van der Waals surface area (Å²) in [5.41, 5.74) is 5.69. The Balaban J connectivity index is 2.46. The number of hydrogen-bond acceptors (Lipinski definition) is 2. The number of nitrogens with zero attached hydrogens (tertiary/aromatic N) is 1. The summed E-state index contributed by atoms with van der Waals surface area (Å²) < 4.78 is 0. The van der Waals surface area contributed by atoms with Gasteiger partial charge in [-0.25, -0.2) is 0 Å². The maximum absolute atomic E-state index is 11.8. The molecule has 82 valence electrons. The quantitative estimate of drug-likeness (QED) is 0.741. The second-order valence-electron chi connectivity index (χ2n) is 4.26. The molecular formula is C11H22N2O. The van der Waals surface area contributed by atoms with Gasteiger partial charge in [-0.15, -0.1) is 0 Å². The molecule has 0 aromatic heterocycles. The number of rotatable bonds is 4. The molecule has 14 heavy (non-hydrogen) atoms. The van der Waals surface area contributed by atoms with Crippen molar-refractivity contribution in [1.82, 2.24) is 4.90 Å². The summed E-state index contributed by atoms with van der Waals surface area (Å²) >= 11 is 0. The maximum Gasteiger partial charge on any atom is 0.222 e. The monoisotopic (exact) mass is 198 g/mol. The normalized spacial score (nSPS) is 26.9. The van der Waals surface area contributed by atoms with Crippen LogP contribution in [0.5, 0.6) is 0 Å². The van der Waals surface area contributed by atoms with Crippen molar-refractivity contribution in [2.75, 3.05) is 13.1 Å². The number of likely N-dealkylation sites (tertiary alicyclic amines) is 1. The van der Waals surface area contributed by atoms with E-state index in [2.05, 4.69) is 13.8 Å². The van der Waals surface area contributed by atoms with E-state index >= 15 is 0 Å². The molecule has 0 radical (unpaired) electrons. The summed E-state index contributed by atoms with van der Waals surface area (Å²) in [6, 6.07) is 0.291. The molecule has 2 unspecified atom stereocenters. The van der Waals surface area contributed by atoms with Gasteiger partial charge >= 0.3 is 0 Å². The first-order valence-electron chi connectivity index (χ1n) is 5.70. The average Bonchev–Trinajstić information content (AvgIpc) is 2.55. The Hall–Kier alpha value is -0.570. The van der Waals surface area contributed by atoms with E-state index in [1.54, 1.807) is 0 Å². The first-order chi connectivity index (χ1) is 6.70. The fraction of sp³-hybridized carbons (Fsp3) is 0.909. The van der Waals surface area contributed by atoms with Gasteiger partial charge in [0, 0.05) is 25.6 Å². The molecule has 1 rings (SSSR count). The van der Waals surface area contributed by atoms with E-state index in [-0.39, 0.29) is 0 Å². The molecular weight excluding hydrogens is 176 g/mol. The predicted octanol–water partition coefficient (Wildman–Crippen LogP) is 1.37. The van der Waals surface area contributed by atoms with Gasteiger partial charge in [-0.2, -0.15) is 0 Å². The Morgan fingerprint density at radius 1 is 1.57 bits per heavy atom. The summed E-state index contributed by atoms with van der Waals surface area (Å²) in [5.74, 6) is 0.872. The molecule has 1 aliphatic heterocycles. The fourth-order valence-electron chi connectivity index (χ4n) is 2.15. The largest absolute Gasteiger partial charge is 0.338 e. The minimum absolute atomic E-state index is 0.291. The van der Waals surface area contributed by atoms with E-state index in [4.69, 9.17) is 5.73 Å². The van der Waals surface area contributed by atoms with E-state index in [9.17, 15) is 4.79 Å². The molecule has 1 amide bonds. The molecule has 0 spiro atoms. The van der Waals surface area contributed by atoms with Gasteiger partial charge in [0.2, 0.25) is 5.91 Å². The van der Waals surface area contributed by atoms with Crippen molar-refractivity contribution in [2.45, 2.75) is 45.6 Å². The average molecular weight is 198 g/mol. The number of hydrogen-bond donors (Lipinski definition) is 1. The summed E-state index contributed by atoms with van der Waals surface area (Å²) in [6.45, 7) is 5.82. The van der Waals surface area contributed by atoms with Gasteiger partial charge in [0.25, 0.3) is 0 Å². The second-order valence-corrected chi connectivity index (χ2v) is 4.26. The highest BCUT2D eigenvalue weighted by atomic mass is 16.2. The summed E-state index contributed by atoms with van der Waals surface area (Å²) in [4.78, 5) is 13.8. The lowest BCUT2D eigenvalue weighted by atomic mass is 10.0. The minimum Gasteiger partial charge on any atom is -0.338 e. The molecule has 0 bridgehead atoms. The van der Waals surface area contributed by atoms with Gasteiger partial charge in [0.15, 0.2) is 0 Å². The van der Waals surface area contributed by atoms with Crippen LogP contribution < -0.4 is 5.73 Å². The summed E-state index contributed by atoms with van der Waals surface area (Å²) in [7, 11) is 0. The molecule has 0 aromatic rings. The Bertz CT molecular complexity index is 194. The van der Waals surface area contributed by atoms with E-state index in [1.807, 2.05) is 4.90 Å². The molecule has 1 heterocycles. The predicted molar refractivity (Wildman–Crippen MR) is 57.9 cm³/mol. The smallest absolute Gasteiger partial charge is 0.222 e. The number of amides is 1. The van der Waals surface area contributed by atoms with Gasteiger partial charge in [0.05, 0.1) is 0 Å². The Labute approximate surface area is 86.6 Å². The third-order valence-electron chi connectivity index (χ3n) is 3.19. The minimum atomic E-state index is 0.291. The molecule has 3 nitrogen and oxygen atoms in total. The highest BCUT2D eigenvalue weighted by molar-refractivity contribution is 5.76. The Morgan fingerprint density at radius 3 is 2.86 bits per heavy atom. The highest BCUT2D eigenvalue weighted by Gasteiger charge is 2.32. The third kappa shape index (κ3) is 2.47. The first-order valence-corrected chi connectivity index (χ1v) is 5.70. The Kier molecular flexibility index (Phi) is 4.39. The highest BCUT2D eigenvalue weighted by Crippen LogP contribution is 2.23. The van der Waals surface area contributed by atoms with Crippen LogP contribution >= 0.6 is 0 Å². The molecule has 0 aromatic carbocycles. The van der Waals surface area contributed by atoms with Gasteiger partial charge in [-0.3, -0.25) is 4.79 Å². The van der Waals surface area contributed by atoms with Gasteiger partial charge < -0.3 is 10.6 Å². The fourth-order valence-corrected chi connectivity index (χ4v) is 2.15. The Morgan fingerprint density at radius 2 is 2.29 bits per heavy atom. The van der Waals surface area contributed by atoms with Crippen LogP contribution in [0.1, 0.15) is 39.5 Å². The molecule has 0 aliphatic carbocycles. The van der Waals surface area contributed by atoms with Crippen LogP contribution in [0, 0.1) is 5.92 Å². The van der Waals surface area contributed by atoms with Crippen LogP contribution in [0.4, 0.5) is 0 Å². The van der Waals surface area contributed by atoms with Crippen molar-refractivity contribution in [1.29, 1.82) is 0 Å². The SMILES string of the molecule is CCCCC(=O)N1CCC(C)C1CN. The lowest BCUT2D eigenvalue weighted by Gasteiger charge is -2.25. The van der Waals surface area contributed by atoms with Gasteiger partial charge in [-0.1, -0.05) is 20.3 Å². The van der Waals surface area contributed by atoms with Crippen LogP contribution in [-0.4, -0.2) is 29.9 Å². The van der Waals surface area contributed by atoms with Crippen molar-refractivity contribution in [3.63, 3.8) is 0 Å². The molecule has 1 fully saturated rings. The number of carbonyl (C=O) groups excluding carboxylic acids is 1. The third-order valence-corrected chi connectivity index (χ3v) is 3.19. The van der Waals surface area contributed by atoms with E-state index in [0.29, 0.717) is 30.8 Å². The molecule has 2 atom stereocenters. The number of carbonyl (C=O) groups is 1. The summed E-state index contributed by atoms with van der Waals surface area (Å²) in [5, 5.41) is 0. The van der Waals surface area contributed by atoms with Crippen molar-refractivity contribution < 1.29 is 4.79 Å². The maximum atomic E-state index is 11.8. The van der Waals surface area contributed by atoms with Crippen molar-refractivity contribution in [3.05, 3.63) is 0 Å². The van der Waals surface area contributed by atoms with E-state index in [1.165, 1.54) is 0 Å². The number of unbranched alkanes of at least 4 members (excludes halogenated alkanes) is 1. The second kappa shape index (κ2) is 5.35. The van der Waals surface area contributed by atoms with Crippen molar-refractivity contribution in [2.24, 2.45) is 11.7 Å². The van der Waals surface area contributed by atoms with Crippen LogP contribution in [0.3, 0.4) is 0 Å². The van der Waals surface area contributed by atoms with Crippen LogP contribution in [0.25, 0.3) is 0 Å².